The summed E-state index contributed by atoms with van der Waals surface area (Å²) in [4.78, 5) is 23.7. The van der Waals surface area contributed by atoms with Gasteiger partial charge in [0.05, 0.1) is 5.69 Å². The summed E-state index contributed by atoms with van der Waals surface area (Å²) in [5.74, 6) is 0.318. The Morgan fingerprint density at radius 2 is 2.26 bits per heavy atom. The van der Waals surface area contributed by atoms with Gasteiger partial charge < -0.3 is 15.6 Å². The van der Waals surface area contributed by atoms with Crippen molar-refractivity contribution in [3.05, 3.63) is 28.7 Å². The average molecular weight is 263 g/mol. The second-order valence-corrected chi connectivity index (χ2v) is 5.06. The molecule has 0 bridgehead atoms. The zero-order valence-electron chi connectivity index (χ0n) is 11.3. The maximum atomic E-state index is 12.2. The Morgan fingerprint density at radius 1 is 1.47 bits per heavy atom. The number of pyridine rings is 1. The molecule has 1 aliphatic rings. The number of carbonyl (C=O) groups excluding carboxylic acids is 1. The fourth-order valence-corrected chi connectivity index (χ4v) is 2.75. The molecule has 3 N–H and O–H groups in total. The molecule has 0 spiro atoms. The summed E-state index contributed by atoms with van der Waals surface area (Å²) in [6.45, 7) is 3.05. The van der Waals surface area contributed by atoms with Gasteiger partial charge in [-0.25, -0.2) is 0 Å². The van der Waals surface area contributed by atoms with Gasteiger partial charge in [0.1, 0.15) is 0 Å². The van der Waals surface area contributed by atoms with E-state index in [0.717, 1.165) is 19.3 Å². The van der Waals surface area contributed by atoms with Crippen LogP contribution >= 0.6 is 0 Å². The van der Waals surface area contributed by atoms with Crippen LogP contribution in [0, 0.1) is 11.8 Å². The summed E-state index contributed by atoms with van der Waals surface area (Å²) in [5, 5.41) is 2.90. The second-order valence-electron chi connectivity index (χ2n) is 5.06. The minimum absolute atomic E-state index is 0.00649. The Hall–Kier alpha value is -1.62. The first-order valence-electron chi connectivity index (χ1n) is 6.87. The molecule has 5 heteroatoms. The van der Waals surface area contributed by atoms with Crippen LogP contribution in [0.4, 0.5) is 5.69 Å². The number of anilines is 1. The maximum Gasteiger partial charge on any atom is 0.250 e. The molecule has 2 rings (SSSR count). The first-order valence-corrected chi connectivity index (χ1v) is 6.87. The third kappa shape index (κ3) is 3.04. The standard InChI is InChI=1S/C14H21N3O2/c1-2-17-9-11(6-7-13(17)18)16-14(19)12-5-3-4-10(12)8-15/h6-7,9-10,12H,2-5,8,15H2,1H3,(H,16,19)/t10-,12-/m1/s1. The lowest BCUT2D eigenvalue weighted by molar-refractivity contribution is -0.120. The van der Waals surface area contributed by atoms with E-state index in [1.807, 2.05) is 6.92 Å². The van der Waals surface area contributed by atoms with Crippen molar-refractivity contribution in [2.45, 2.75) is 32.7 Å². The van der Waals surface area contributed by atoms with Gasteiger partial charge in [-0.3, -0.25) is 9.59 Å². The molecule has 1 aromatic rings. The van der Waals surface area contributed by atoms with E-state index in [4.69, 9.17) is 5.73 Å². The molecular weight excluding hydrogens is 242 g/mol. The van der Waals surface area contributed by atoms with Crippen LogP contribution < -0.4 is 16.6 Å². The summed E-state index contributed by atoms with van der Waals surface area (Å²) >= 11 is 0. The van der Waals surface area contributed by atoms with Crippen LogP contribution in [0.2, 0.25) is 0 Å². The Morgan fingerprint density at radius 3 is 2.95 bits per heavy atom. The van der Waals surface area contributed by atoms with E-state index in [1.54, 1.807) is 16.8 Å². The number of rotatable bonds is 4. The highest BCUT2D eigenvalue weighted by atomic mass is 16.2. The van der Waals surface area contributed by atoms with Crippen molar-refractivity contribution in [1.82, 2.24) is 4.57 Å². The van der Waals surface area contributed by atoms with Crippen molar-refractivity contribution in [3.8, 4) is 0 Å². The maximum absolute atomic E-state index is 12.2. The number of nitrogens with two attached hydrogens (primary N) is 1. The highest BCUT2D eigenvalue weighted by Gasteiger charge is 2.31. The molecule has 0 aromatic carbocycles. The van der Waals surface area contributed by atoms with Crippen molar-refractivity contribution in [2.24, 2.45) is 17.6 Å². The van der Waals surface area contributed by atoms with E-state index < -0.39 is 0 Å². The SMILES string of the molecule is CCn1cc(NC(=O)[C@@H]2CCC[C@@H]2CN)ccc1=O. The van der Waals surface area contributed by atoms with Crippen LogP contribution in [0.1, 0.15) is 26.2 Å². The minimum Gasteiger partial charge on any atom is -0.330 e. The third-order valence-electron chi connectivity index (χ3n) is 3.89. The number of aromatic nitrogens is 1. The van der Waals surface area contributed by atoms with Crippen LogP contribution in [-0.2, 0) is 11.3 Å². The van der Waals surface area contributed by atoms with E-state index in [9.17, 15) is 9.59 Å². The molecule has 1 aromatic heterocycles. The summed E-state index contributed by atoms with van der Waals surface area (Å²) in [6, 6.07) is 3.13. The predicted octanol–water partition coefficient (Wildman–Crippen LogP) is 1.18. The first-order chi connectivity index (χ1) is 9.15. The largest absolute Gasteiger partial charge is 0.330 e. The van der Waals surface area contributed by atoms with Crippen LogP contribution in [0.25, 0.3) is 0 Å². The van der Waals surface area contributed by atoms with Crippen LogP contribution in [-0.4, -0.2) is 17.0 Å². The normalized spacial score (nSPS) is 22.4. The van der Waals surface area contributed by atoms with Gasteiger partial charge >= 0.3 is 0 Å². The summed E-state index contributed by atoms with van der Waals surface area (Å²) < 4.78 is 1.57. The topological polar surface area (TPSA) is 77.1 Å². The minimum atomic E-state index is -0.0544. The molecule has 5 nitrogen and oxygen atoms in total. The Labute approximate surface area is 112 Å². The molecule has 104 valence electrons. The number of hydrogen-bond donors (Lipinski definition) is 2. The molecule has 1 amide bonds. The molecule has 1 saturated carbocycles. The van der Waals surface area contributed by atoms with Gasteiger partial charge in [0.2, 0.25) is 5.91 Å². The quantitative estimate of drug-likeness (QED) is 0.856. The molecule has 1 aliphatic carbocycles. The van der Waals surface area contributed by atoms with E-state index >= 15 is 0 Å². The lowest BCUT2D eigenvalue weighted by Gasteiger charge is -2.17. The fourth-order valence-electron chi connectivity index (χ4n) is 2.75. The van der Waals surface area contributed by atoms with E-state index in [1.165, 1.54) is 6.07 Å². The van der Waals surface area contributed by atoms with E-state index in [2.05, 4.69) is 5.32 Å². The van der Waals surface area contributed by atoms with Gasteiger partial charge in [-0.1, -0.05) is 6.42 Å². The Bertz CT molecular complexity index is 510. The van der Waals surface area contributed by atoms with Gasteiger partial charge in [0.15, 0.2) is 0 Å². The molecule has 1 heterocycles. The highest BCUT2D eigenvalue weighted by Crippen LogP contribution is 2.31. The number of nitrogens with zero attached hydrogens (tertiary/aromatic N) is 1. The predicted molar refractivity (Wildman–Crippen MR) is 74.9 cm³/mol. The third-order valence-corrected chi connectivity index (χ3v) is 3.89. The van der Waals surface area contributed by atoms with Crippen molar-refractivity contribution in [1.29, 1.82) is 0 Å². The molecule has 2 atom stereocenters. The fraction of sp³-hybridized carbons (Fsp3) is 0.571. The summed E-state index contributed by atoms with van der Waals surface area (Å²) in [7, 11) is 0. The Kier molecular flexibility index (Phi) is 4.37. The van der Waals surface area contributed by atoms with Gasteiger partial charge in [-0.05, 0) is 38.3 Å². The molecular formula is C14H21N3O2. The lowest BCUT2D eigenvalue weighted by Crippen LogP contribution is -2.30. The molecule has 0 aliphatic heterocycles. The molecule has 1 fully saturated rings. The van der Waals surface area contributed by atoms with Crippen molar-refractivity contribution in [2.75, 3.05) is 11.9 Å². The average Bonchev–Trinajstić information content (AvgIpc) is 2.89. The molecule has 0 unspecified atom stereocenters. The number of nitrogens with one attached hydrogen (secondary N) is 1. The van der Waals surface area contributed by atoms with Gasteiger partial charge in [-0.15, -0.1) is 0 Å². The first kappa shape index (κ1) is 13.8. The van der Waals surface area contributed by atoms with Crippen LogP contribution in [0.15, 0.2) is 23.1 Å². The van der Waals surface area contributed by atoms with Crippen molar-refractivity contribution < 1.29 is 4.79 Å². The lowest BCUT2D eigenvalue weighted by atomic mass is 9.95. The van der Waals surface area contributed by atoms with Gasteiger partial charge in [0.25, 0.3) is 5.56 Å². The van der Waals surface area contributed by atoms with Crippen LogP contribution in [0.5, 0.6) is 0 Å². The molecule has 0 radical (unpaired) electrons. The zero-order chi connectivity index (χ0) is 13.8. The highest BCUT2D eigenvalue weighted by molar-refractivity contribution is 5.92. The van der Waals surface area contributed by atoms with E-state index in [-0.39, 0.29) is 23.3 Å². The van der Waals surface area contributed by atoms with Crippen molar-refractivity contribution in [3.63, 3.8) is 0 Å². The number of hydrogen-bond acceptors (Lipinski definition) is 3. The number of amides is 1. The number of carbonyl (C=O) groups is 1. The zero-order valence-corrected chi connectivity index (χ0v) is 11.3. The van der Waals surface area contributed by atoms with Crippen molar-refractivity contribution >= 4 is 11.6 Å². The summed E-state index contributed by atoms with van der Waals surface area (Å²) in [6.07, 6.45) is 4.69. The van der Waals surface area contributed by atoms with E-state index in [0.29, 0.717) is 18.8 Å². The second kappa shape index (κ2) is 6.02. The monoisotopic (exact) mass is 263 g/mol. The van der Waals surface area contributed by atoms with Crippen LogP contribution in [0.3, 0.4) is 0 Å². The molecule has 0 saturated heterocycles. The van der Waals surface area contributed by atoms with Gasteiger partial charge in [0, 0.05) is 24.7 Å². The summed E-state index contributed by atoms with van der Waals surface area (Å²) in [5.41, 5.74) is 6.32. The Balaban J connectivity index is 2.08. The van der Waals surface area contributed by atoms with Gasteiger partial charge in [-0.2, -0.15) is 0 Å². The molecule has 19 heavy (non-hydrogen) atoms. The smallest absolute Gasteiger partial charge is 0.250 e. The number of aryl methyl sites for hydroxylation is 1.